The van der Waals surface area contributed by atoms with Gasteiger partial charge in [-0.05, 0) is 31.5 Å². The van der Waals surface area contributed by atoms with Crippen LogP contribution in [0.1, 0.15) is 32.8 Å². The molecule has 2 rings (SSSR count). The summed E-state index contributed by atoms with van der Waals surface area (Å²) < 4.78 is 0. The van der Waals surface area contributed by atoms with Gasteiger partial charge >= 0.3 is 0 Å². The molecule has 2 amide bonds. The van der Waals surface area contributed by atoms with Gasteiger partial charge in [0.15, 0.2) is 0 Å². The van der Waals surface area contributed by atoms with E-state index in [1.54, 1.807) is 14.0 Å². The van der Waals surface area contributed by atoms with Gasteiger partial charge in [-0.3, -0.25) is 19.3 Å². The third kappa shape index (κ3) is 3.90. The quantitative estimate of drug-likeness (QED) is 0.778. The fourth-order valence-corrected chi connectivity index (χ4v) is 3.23. The first-order valence-corrected chi connectivity index (χ1v) is 8.68. The molecule has 0 saturated carbocycles. The molecule has 0 bridgehead atoms. The lowest BCUT2D eigenvalue weighted by molar-refractivity contribution is -0.131. The summed E-state index contributed by atoms with van der Waals surface area (Å²) in [7, 11) is 1.72. The van der Waals surface area contributed by atoms with Gasteiger partial charge in [-0.25, -0.2) is 0 Å². The maximum Gasteiger partial charge on any atom is 0.240 e. The summed E-state index contributed by atoms with van der Waals surface area (Å²) >= 11 is 0. The lowest BCUT2D eigenvalue weighted by Crippen LogP contribution is -2.49. The van der Waals surface area contributed by atoms with Crippen LogP contribution in [0.25, 0.3) is 0 Å². The number of anilines is 1. The van der Waals surface area contributed by atoms with Crippen LogP contribution >= 0.6 is 0 Å². The number of likely N-dealkylation sites (N-methyl/N-ethyl adjacent to an activating group) is 1. The van der Waals surface area contributed by atoms with Gasteiger partial charge in [0.1, 0.15) is 11.8 Å². The molecule has 1 heterocycles. The van der Waals surface area contributed by atoms with E-state index in [0.29, 0.717) is 6.42 Å². The summed E-state index contributed by atoms with van der Waals surface area (Å²) in [6.45, 7) is 5.61. The predicted molar refractivity (Wildman–Crippen MR) is 97.1 cm³/mol. The van der Waals surface area contributed by atoms with Crippen LogP contribution in [0.4, 0.5) is 5.69 Å². The van der Waals surface area contributed by atoms with Crippen molar-refractivity contribution in [2.24, 2.45) is 17.6 Å². The van der Waals surface area contributed by atoms with Crippen molar-refractivity contribution >= 4 is 23.3 Å². The number of nitrogens with zero attached hydrogens (tertiary/aromatic N) is 1. The number of ketones is 1. The van der Waals surface area contributed by atoms with Gasteiger partial charge in [-0.15, -0.1) is 0 Å². The average Bonchev–Trinajstić information content (AvgIpc) is 2.97. The highest BCUT2D eigenvalue weighted by atomic mass is 16.2. The van der Waals surface area contributed by atoms with Gasteiger partial charge in [-0.2, -0.15) is 0 Å². The minimum atomic E-state index is -0.692. The molecular formula is C19H27N3O3. The first kappa shape index (κ1) is 19.1. The molecule has 0 aliphatic carbocycles. The van der Waals surface area contributed by atoms with Crippen molar-refractivity contribution in [1.29, 1.82) is 0 Å². The molecule has 6 nitrogen and oxygen atoms in total. The number of primary amides is 1. The van der Waals surface area contributed by atoms with E-state index in [2.05, 4.69) is 5.32 Å². The van der Waals surface area contributed by atoms with Gasteiger partial charge in [0, 0.05) is 24.4 Å². The number of nitrogens with two attached hydrogens (primary N) is 1. The van der Waals surface area contributed by atoms with Crippen LogP contribution < -0.4 is 16.0 Å². The highest BCUT2D eigenvalue weighted by Crippen LogP contribution is 2.35. The molecular weight excluding hydrogens is 318 g/mol. The first-order valence-electron chi connectivity index (χ1n) is 8.68. The molecule has 0 unspecified atom stereocenters. The third-order valence-corrected chi connectivity index (χ3v) is 5.00. The van der Waals surface area contributed by atoms with E-state index in [4.69, 9.17) is 5.73 Å². The molecule has 3 atom stereocenters. The number of rotatable bonds is 7. The van der Waals surface area contributed by atoms with Crippen molar-refractivity contribution in [1.82, 2.24) is 5.32 Å². The lowest BCUT2D eigenvalue weighted by Gasteiger charge is -2.30. The summed E-state index contributed by atoms with van der Waals surface area (Å²) in [6.07, 6.45) is 0.561. The number of benzene rings is 1. The van der Waals surface area contributed by atoms with Crippen molar-refractivity contribution in [2.45, 2.75) is 45.7 Å². The summed E-state index contributed by atoms with van der Waals surface area (Å²) in [5.41, 5.74) is 7.19. The van der Waals surface area contributed by atoms with Crippen LogP contribution in [0.5, 0.6) is 0 Å². The maximum absolute atomic E-state index is 13.3. The Morgan fingerprint density at radius 2 is 1.88 bits per heavy atom. The molecule has 3 N–H and O–H groups in total. The van der Waals surface area contributed by atoms with Crippen LogP contribution in [0.3, 0.4) is 0 Å². The van der Waals surface area contributed by atoms with Crippen LogP contribution in [-0.4, -0.2) is 36.7 Å². The zero-order valence-electron chi connectivity index (χ0n) is 15.3. The van der Waals surface area contributed by atoms with Gasteiger partial charge in [-0.1, -0.05) is 32.0 Å². The zero-order valence-corrected chi connectivity index (χ0v) is 15.3. The van der Waals surface area contributed by atoms with E-state index >= 15 is 0 Å². The summed E-state index contributed by atoms with van der Waals surface area (Å²) in [5.74, 6) is -1.27. The standard InChI is InChI=1S/C19H27N3O3/c1-11(2)14(10-17(23)12(3)21-4)19(25)22-15-8-6-5-7-13(15)9-16(22)18(20)24/h5-8,11-12,14,16,21H,9-10H2,1-4H3,(H2,20,24)/t12-,14-,16-/m0/s1. The number of carbonyl (C=O) groups is 3. The Balaban J connectivity index is 2.33. The molecule has 1 aliphatic heterocycles. The number of nitrogens with one attached hydrogen (secondary N) is 1. The van der Waals surface area contributed by atoms with Crippen LogP contribution in [-0.2, 0) is 20.8 Å². The van der Waals surface area contributed by atoms with Crippen molar-refractivity contribution in [3.63, 3.8) is 0 Å². The SMILES string of the molecule is CN[C@@H](C)C(=O)C[C@H](C(=O)N1c2ccccc2C[C@H]1C(N)=O)C(C)C. The summed E-state index contributed by atoms with van der Waals surface area (Å²) in [5, 5.41) is 2.91. The topological polar surface area (TPSA) is 92.5 Å². The molecule has 0 fully saturated rings. The number of hydrogen-bond acceptors (Lipinski definition) is 4. The molecule has 0 spiro atoms. The third-order valence-electron chi connectivity index (χ3n) is 5.00. The van der Waals surface area contributed by atoms with Crippen LogP contribution in [0.2, 0.25) is 0 Å². The van der Waals surface area contributed by atoms with Crippen LogP contribution in [0, 0.1) is 11.8 Å². The van der Waals surface area contributed by atoms with E-state index < -0.39 is 17.9 Å². The second-order valence-electron chi connectivity index (χ2n) is 6.99. The van der Waals surface area contributed by atoms with Crippen molar-refractivity contribution < 1.29 is 14.4 Å². The fraction of sp³-hybridized carbons (Fsp3) is 0.526. The minimum Gasteiger partial charge on any atom is -0.368 e. The van der Waals surface area contributed by atoms with E-state index in [9.17, 15) is 14.4 Å². The molecule has 25 heavy (non-hydrogen) atoms. The number of para-hydroxylation sites is 1. The van der Waals surface area contributed by atoms with E-state index in [1.165, 1.54) is 4.90 Å². The molecule has 0 radical (unpaired) electrons. The number of amides is 2. The summed E-state index contributed by atoms with van der Waals surface area (Å²) in [4.78, 5) is 39.0. The van der Waals surface area contributed by atoms with Crippen molar-refractivity contribution in [3.8, 4) is 0 Å². The van der Waals surface area contributed by atoms with E-state index in [1.807, 2.05) is 38.1 Å². The first-order chi connectivity index (χ1) is 11.8. The second-order valence-corrected chi connectivity index (χ2v) is 6.99. The second kappa shape index (κ2) is 7.78. The maximum atomic E-state index is 13.3. The van der Waals surface area contributed by atoms with Crippen molar-refractivity contribution in [3.05, 3.63) is 29.8 Å². The zero-order chi connectivity index (χ0) is 18.7. The van der Waals surface area contributed by atoms with Crippen molar-refractivity contribution in [2.75, 3.05) is 11.9 Å². The minimum absolute atomic E-state index is 0.0161. The molecule has 6 heteroatoms. The largest absolute Gasteiger partial charge is 0.368 e. The molecule has 0 saturated heterocycles. The highest BCUT2D eigenvalue weighted by Gasteiger charge is 2.41. The number of carbonyl (C=O) groups excluding carboxylic acids is 3. The summed E-state index contributed by atoms with van der Waals surface area (Å²) in [6, 6.07) is 6.43. The predicted octanol–water partition coefficient (Wildman–Crippen LogP) is 1.27. The molecule has 1 aromatic rings. The molecule has 136 valence electrons. The molecule has 0 aromatic heterocycles. The van der Waals surface area contributed by atoms with Gasteiger partial charge in [0.05, 0.1) is 6.04 Å². The number of Topliss-reactive ketones (excluding diaryl/α,β-unsaturated/α-hetero) is 1. The normalized spacial score (nSPS) is 18.8. The number of hydrogen-bond donors (Lipinski definition) is 2. The monoisotopic (exact) mass is 345 g/mol. The number of fused-ring (bicyclic) bond motifs is 1. The van der Waals surface area contributed by atoms with Gasteiger partial charge in [0.25, 0.3) is 0 Å². The van der Waals surface area contributed by atoms with Gasteiger partial charge in [0.2, 0.25) is 11.8 Å². The Bertz CT molecular complexity index is 672. The van der Waals surface area contributed by atoms with E-state index in [-0.39, 0.29) is 30.1 Å². The van der Waals surface area contributed by atoms with E-state index in [0.717, 1.165) is 11.3 Å². The highest BCUT2D eigenvalue weighted by molar-refractivity contribution is 6.05. The smallest absolute Gasteiger partial charge is 0.240 e. The Kier molecular flexibility index (Phi) is 5.95. The van der Waals surface area contributed by atoms with Crippen LogP contribution in [0.15, 0.2) is 24.3 Å². The van der Waals surface area contributed by atoms with Gasteiger partial charge < -0.3 is 11.1 Å². The fourth-order valence-electron chi connectivity index (χ4n) is 3.23. The molecule has 1 aliphatic rings. The Morgan fingerprint density at radius 3 is 2.44 bits per heavy atom. The Hall–Kier alpha value is -2.21. The molecule has 1 aromatic carbocycles. The lowest BCUT2D eigenvalue weighted by atomic mass is 9.87. The average molecular weight is 345 g/mol. The Morgan fingerprint density at radius 1 is 1.24 bits per heavy atom. The Labute approximate surface area is 148 Å².